The molecule has 0 spiro atoms. The number of likely N-dealkylation sites (tertiary alicyclic amines) is 1. The molecular weight excluding hydrogens is 260 g/mol. The van der Waals surface area contributed by atoms with Gasteiger partial charge in [0.05, 0.1) is 0 Å². The number of rotatable bonds is 4. The van der Waals surface area contributed by atoms with Gasteiger partial charge in [-0.3, -0.25) is 0 Å². The van der Waals surface area contributed by atoms with Crippen LogP contribution in [0.4, 0.5) is 8.78 Å². The number of piperidine rings is 1. The molecule has 5 heteroatoms. The number of hydrogen-bond donors (Lipinski definition) is 1. The smallest absolute Gasteiger partial charge is 0.163 e. The van der Waals surface area contributed by atoms with Crippen LogP contribution in [0, 0.1) is 11.6 Å². The highest BCUT2D eigenvalue weighted by Gasteiger charge is 2.23. The Hall–Kier alpha value is -1.04. The van der Waals surface area contributed by atoms with Gasteiger partial charge in [-0.15, -0.1) is 0 Å². The maximum absolute atomic E-state index is 13.7. The molecule has 1 fully saturated rings. The highest BCUT2D eigenvalue weighted by atomic mass is 19.2. The first kappa shape index (κ1) is 15.4. The molecule has 1 atom stereocenters. The highest BCUT2D eigenvalue weighted by Crippen LogP contribution is 2.21. The standard InChI is InChI=1S/C15H23F2N3/c1-19-8-6-11(7-9-19)20(2)10-14(18)12-4-3-5-13(16)15(12)17/h3-5,11,14H,6-10,18H2,1-2H3. The van der Waals surface area contributed by atoms with Crippen LogP contribution in [0.2, 0.25) is 0 Å². The zero-order valence-corrected chi connectivity index (χ0v) is 12.1. The summed E-state index contributed by atoms with van der Waals surface area (Å²) in [6.45, 7) is 2.67. The molecule has 1 aliphatic rings. The van der Waals surface area contributed by atoms with Crippen molar-refractivity contribution in [1.82, 2.24) is 9.80 Å². The van der Waals surface area contributed by atoms with E-state index in [1.807, 2.05) is 7.05 Å². The van der Waals surface area contributed by atoms with Crippen molar-refractivity contribution in [3.8, 4) is 0 Å². The third kappa shape index (κ3) is 3.53. The summed E-state index contributed by atoms with van der Waals surface area (Å²) in [6, 6.07) is 4.14. The fourth-order valence-electron chi connectivity index (χ4n) is 2.80. The van der Waals surface area contributed by atoms with Gasteiger partial charge in [-0.05, 0) is 46.1 Å². The van der Waals surface area contributed by atoms with Crippen molar-refractivity contribution < 1.29 is 8.78 Å². The van der Waals surface area contributed by atoms with Crippen molar-refractivity contribution in [3.63, 3.8) is 0 Å². The average molecular weight is 283 g/mol. The molecule has 0 radical (unpaired) electrons. The molecule has 0 aromatic heterocycles. The first-order valence-electron chi connectivity index (χ1n) is 7.07. The van der Waals surface area contributed by atoms with E-state index in [4.69, 9.17) is 5.73 Å². The molecule has 0 aliphatic carbocycles. The number of benzene rings is 1. The molecule has 1 saturated heterocycles. The predicted octanol–water partition coefficient (Wildman–Crippen LogP) is 1.99. The van der Waals surface area contributed by atoms with Crippen LogP contribution in [0.15, 0.2) is 18.2 Å². The fraction of sp³-hybridized carbons (Fsp3) is 0.600. The monoisotopic (exact) mass is 283 g/mol. The van der Waals surface area contributed by atoms with E-state index in [1.54, 1.807) is 6.07 Å². The predicted molar refractivity (Wildman–Crippen MR) is 76.4 cm³/mol. The topological polar surface area (TPSA) is 32.5 Å². The molecule has 1 unspecified atom stereocenters. The van der Waals surface area contributed by atoms with Gasteiger partial charge in [0.15, 0.2) is 11.6 Å². The maximum atomic E-state index is 13.7. The van der Waals surface area contributed by atoms with Crippen LogP contribution < -0.4 is 5.73 Å². The minimum Gasteiger partial charge on any atom is -0.323 e. The van der Waals surface area contributed by atoms with Crippen molar-refractivity contribution in [1.29, 1.82) is 0 Å². The zero-order chi connectivity index (χ0) is 14.7. The van der Waals surface area contributed by atoms with E-state index in [1.165, 1.54) is 6.07 Å². The second-order valence-corrected chi connectivity index (χ2v) is 5.72. The SMILES string of the molecule is CN1CCC(N(C)CC(N)c2cccc(F)c2F)CC1. The van der Waals surface area contributed by atoms with Crippen molar-refractivity contribution >= 4 is 0 Å². The van der Waals surface area contributed by atoms with E-state index in [0.29, 0.717) is 12.6 Å². The number of nitrogens with zero attached hydrogens (tertiary/aromatic N) is 2. The Kier molecular flexibility index (Phi) is 5.07. The van der Waals surface area contributed by atoms with Gasteiger partial charge in [0.1, 0.15) is 0 Å². The molecule has 0 bridgehead atoms. The van der Waals surface area contributed by atoms with Crippen LogP contribution >= 0.6 is 0 Å². The average Bonchev–Trinajstić information content (AvgIpc) is 2.42. The summed E-state index contributed by atoms with van der Waals surface area (Å²) >= 11 is 0. The second-order valence-electron chi connectivity index (χ2n) is 5.72. The lowest BCUT2D eigenvalue weighted by Gasteiger charge is -2.36. The van der Waals surface area contributed by atoms with Gasteiger partial charge in [-0.1, -0.05) is 12.1 Å². The molecular formula is C15H23F2N3. The molecule has 1 aromatic carbocycles. The number of likely N-dealkylation sites (N-methyl/N-ethyl adjacent to an activating group) is 1. The van der Waals surface area contributed by atoms with Crippen molar-refractivity contribution in [2.75, 3.05) is 33.7 Å². The lowest BCUT2D eigenvalue weighted by molar-refractivity contribution is 0.138. The Balaban J connectivity index is 1.97. The van der Waals surface area contributed by atoms with Crippen molar-refractivity contribution in [2.45, 2.75) is 24.9 Å². The molecule has 112 valence electrons. The normalized spacial score (nSPS) is 19.5. The molecule has 3 nitrogen and oxygen atoms in total. The Morgan fingerprint density at radius 2 is 2.00 bits per heavy atom. The molecule has 2 N–H and O–H groups in total. The summed E-state index contributed by atoms with van der Waals surface area (Å²) in [6.07, 6.45) is 2.18. The van der Waals surface area contributed by atoms with Crippen molar-refractivity contribution in [3.05, 3.63) is 35.4 Å². The summed E-state index contributed by atoms with van der Waals surface area (Å²) in [4.78, 5) is 4.47. The van der Waals surface area contributed by atoms with Crippen LogP contribution in [0.3, 0.4) is 0 Å². The summed E-state index contributed by atoms with van der Waals surface area (Å²) in [5.41, 5.74) is 6.30. The van der Waals surface area contributed by atoms with Gasteiger partial charge in [-0.25, -0.2) is 8.78 Å². The molecule has 0 amide bonds. The Labute approximate surface area is 119 Å². The summed E-state index contributed by atoms with van der Waals surface area (Å²) in [5.74, 6) is -1.66. The van der Waals surface area contributed by atoms with Crippen molar-refractivity contribution in [2.24, 2.45) is 5.73 Å². The minimum absolute atomic E-state index is 0.254. The molecule has 1 aliphatic heterocycles. The fourth-order valence-corrected chi connectivity index (χ4v) is 2.80. The summed E-state index contributed by atoms with van der Waals surface area (Å²) < 4.78 is 26.9. The van der Waals surface area contributed by atoms with Crippen LogP contribution in [0.5, 0.6) is 0 Å². The Morgan fingerprint density at radius 1 is 1.35 bits per heavy atom. The lowest BCUT2D eigenvalue weighted by atomic mass is 10.0. The van der Waals surface area contributed by atoms with Gasteiger partial charge in [-0.2, -0.15) is 0 Å². The number of hydrogen-bond acceptors (Lipinski definition) is 3. The molecule has 1 heterocycles. The van der Waals surface area contributed by atoms with Gasteiger partial charge >= 0.3 is 0 Å². The lowest BCUT2D eigenvalue weighted by Crippen LogP contribution is -2.44. The Bertz CT molecular complexity index is 445. The van der Waals surface area contributed by atoms with E-state index < -0.39 is 17.7 Å². The zero-order valence-electron chi connectivity index (χ0n) is 12.1. The summed E-state index contributed by atoms with van der Waals surface area (Å²) in [7, 11) is 4.12. The third-order valence-corrected chi connectivity index (χ3v) is 4.18. The summed E-state index contributed by atoms with van der Waals surface area (Å²) in [5, 5.41) is 0. The van der Waals surface area contributed by atoms with Gasteiger partial charge < -0.3 is 15.5 Å². The molecule has 20 heavy (non-hydrogen) atoms. The van der Waals surface area contributed by atoms with Gasteiger partial charge in [0, 0.05) is 24.2 Å². The maximum Gasteiger partial charge on any atom is 0.163 e. The minimum atomic E-state index is -0.833. The van der Waals surface area contributed by atoms with E-state index in [9.17, 15) is 8.78 Å². The largest absolute Gasteiger partial charge is 0.323 e. The van der Waals surface area contributed by atoms with E-state index in [2.05, 4.69) is 16.8 Å². The Morgan fingerprint density at radius 3 is 2.65 bits per heavy atom. The van der Waals surface area contributed by atoms with Crippen LogP contribution in [0.1, 0.15) is 24.4 Å². The quantitative estimate of drug-likeness (QED) is 0.917. The number of nitrogens with two attached hydrogens (primary N) is 1. The molecule has 2 rings (SSSR count). The van der Waals surface area contributed by atoms with Gasteiger partial charge in [0.2, 0.25) is 0 Å². The van der Waals surface area contributed by atoms with E-state index in [0.717, 1.165) is 32.0 Å². The van der Waals surface area contributed by atoms with Crippen LogP contribution in [-0.4, -0.2) is 49.6 Å². The first-order chi connectivity index (χ1) is 9.49. The third-order valence-electron chi connectivity index (χ3n) is 4.18. The highest BCUT2D eigenvalue weighted by molar-refractivity contribution is 5.22. The van der Waals surface area contributed by atoms with Gasteiger partial charge in [0.25, 0.3) is 0 Å². The molecule has 1 aromatic rings. The van der Waals surface area contributed by atoms with E-state index >= 15 is 0 Å². The van der Waals surface area contributed by atoms with Crippen LogP contribution in [0.25, 0.3) is 0 Å². The van der Waals surface area contributed by atoms with E-state index in [-0.39, 0.29) is 5.56 Å². The number of halogens is 2. The second kappa shape index (κ2) is 6.61. The van der Waals surface area contributed by atoms with Crippen LogP contribution in [-0.2, 0) is 0 Å². The first-order valence-corrected chi connectivity index (χ1v) is 7.07. The molecule has 0 saturated carbocycles.